The normalized spacial score (nSPS) is 12.5. The van der Waals surface area contributed by atoms with Crippen molar-refractivity contribution in [3.05, 3.63) is 0 Å². The van der Waals surface area contributed by atoms with E-state index in [-0.39, 0.29) is 29.6 Å². The van der Waals surface area contributed by atoms with Crippen LogP contribution in [0.5, 0.6) is 0 Å². The molecule has 0 aliphatic carbocycles. The Balaban J connectivity index is 0. The zero-order chi connectivity index (χ0) is 25.9. The number of rotatable bonds is 29. The first-order chi connectivity index (χ1) is 17.0. The smallest absolute Gasteiger partial charge is 0.726 e. The summed E-state index contributed by atoms with van der Waals surface area (Å²) in [7, 11) is -4.61. The average molecular weight is 541 g/mol. The molecule has 0 saturated heterocycles. The van der Waals surface area contributed by atoms with Crippen molar-refractivity contribution < 1.29 is 46.7 Å². The molecule has 0 aromatic rings. The van der Waals surface area contributed by atoms with Crippen LogP contribution in [-0.4, -0.2) is 19.1 Å². The van der Waals surface area contributed by atoms with Crippen molar-refractivity contribution in [1.82, 2.24) is 0 Å². The van der Waals surface area contributed by atoms with Gasteiger partial charge >= 0.3 is 29.6 Å². The Labute approximate surface area is 249 Å². The number of hydrogen-bond acceptors (Lipinski definition) is 4. The maximum absolute atomic E-state index is 11.1. The Bertz CT molecular complexity index is 513. The molecule has 0 aliphatic rings. The molecule has 0 bridgehead atoms. The molecular formula is C30H61NaO4S. The third-order valence-electron chi connectivity index (χ3n) is 7.26. The molecule has 0 aromatic carbocycles. The zero-order valence-electron chi connectivity index (χ0n) is 24.7. The second-order valence-corrected chi connectivity index (χ2v) is 11.8. The summed E-state index contributed by atoms with van der Waals surface area (Å²) in [4.78, 5) is 0. The fraction of sp³-hybridized carbons (Fsp3) is 1.00. The first kappa shape index (κ1) is 39.0. The van der Waals surface area contributed by atoms with E-state index in [1.807, 2.05) is 0 Å². The second-order valence-electron chi connectivity index (χ2n) is 10.8. The van der Waals surface area contributed by atoms with Crippen LogP contribution in [0.4, 0.5) is 0 Å². The molecule has 4 nitrogen and oxygen atoms in total. The van der Waals surface area contributed by atoms with Crippen molar-refractivity contribution in [3.63, 3.8) is 0 Å². The molecule has 0 rings (SSSR count). The van der Waals surface area contributed by atoms with Crippen molar-refractivity contribution in [2.24, 2.45) is 0 Å². The van der Waals surface area contributed by atoms with E-state index in [0.29, 0.717) is 12.8 Å². The van der Waals surface area contributed by atoms with E-state index in [1.54, 1.807) is 0 Å². The Morgan fingerprint density at radius 3 is 0.917 bits per heavy atom. The largest absolute Gasteiger partial charge is 1.00 e. The molecule has 36 heavy (non-hydrogen) atoms. The van der Waals surface area contributed by atoms with Crippen LogP contribution in [0, 0.1) is 0 Å². The van der Waals surface area contributed by atoms with Gasteiger partial charge in [-0.3, -0.25) is 4.18 Å². The van der Waals surface area contributed by atoms with Crippen LogP contribution in [-0.2, 0) is 14.6 Å². The summed E-state index contributed by atoms with van der Waals surface area (Å²) in [5.41, 5.74) is 0. The van der Waals surface area contributed by atoms with Crippen molar-refractivity contribution >= 4 is 10.4 Å². The van der Waals surface area contributed by atoms with E-state index in [1.165, 1.54) is 135 Å². The van der Waals surface area contributed by atoms with Crippen LogP contribution >= 0.6 is 0 Å². The van der Waals surface area contributed by atoms with Crippen molar-refractivity contribution in [1.29, 1.82) is 0 Å². The van der Waals surface area contributed by atoms with Gasteiger partial charge in [-0.15, -0.1) is 0 Å². The van der Waals surface area contributed by atoms with Gasteiger partial charge in [0.1, 0.15) is 0 Å². The van der Waals surface area contributed by atoms with Gasteiger partial charge in [0.2, 0.25) is 10.4 Å². The number of hydrogen-bond donors (Lipinski definition) is 0. The minimum atomic E-state index is -4.61. The molecule has 0 spiro atoms. The predicted octanol–water partition coefficient (Wildman–Crippen LogP) is 7.41. The van der Waals surface area contributed by atoms with Gasteiger partial charge < -0.3 is 4.55 Å². The van der Waals surface area contributed by atoms with E-state index >= 15 is 0 Å². The van der Waals surface area contributed by atoms with Gasteiger partial charge in [0.15, 0.2) is 0 Å². The van der Waals surface area contributed by atoms with Crippen LogP contribution < -0.4 is 29.6 Å². The molecule has 0 N–H and O–H groups in total. The van der Waals surface area contributed by atoms with Gasteiger partial charge in [0, 0.05) is 0 Å². The molecule has 0 aliphatic heterocycles. The molecule has 0 fully saturated rings. The molecule has 0 radical (unpaired) electrons. The second kappa shape index (κ2) is 30.4. The quantitative estimate of drug-likeness (QED) is 0.0429. The summed E-state index contributed by atoms with van der Waals surface area (Å²) in [6.07, 6.45) is 33.2. The van der Waals surface area contributed by atoms with Gasteiger partial charge in [-0.2, -0.15) is 0 Å². The maximum atomic E-state index is 11.1. The van der Waals surface area contributed by atoms with E-state index in [2.05, 4.69) is 13.8 Å². The SMILES string of the molecule is CCCCCCCCCCCCCCCCCC(CCCCCCCCCCCC)OS(=O)(=O)[O-].[Na+]. The molecule has 1 atom stereocenters. The van der Waals surface area contributed by atoms with E-state index in [9.17, 15) is 13.0 Å². The molecule has 0 amide bonds. The van der Waals surface area contributed by atoms with Crippen LogP contribution in [0.25, 0.3) is 0 Å². The Kier molecular flexibility index (Phi) is 33.0. The van der Waals surface area contributed by atoms with E-state index in [4.69, 9.17) is 4.18 Å². The van der Waals surface area contributed by atoms with Crippen molar-refractivity contribution in [2.45, 2.75) is 193 Å². The van der Waals surface area contributed by atoms with Gasteiger partial charge in [-0.05, 0) is 12.8 Å². The van der Waals surface area contributed by atoms with Crippen LogP contribution in [0.1, 0.15) is 187 Å². The first-order valence-corrected chi connectivity index (χ1v) is 17.0. The van der Waals surface area contributed by atoms with Gasteiger partial charge in [0.25, 0.3) is 0 Å². The van der Waals surface area contributed by atoms with Gasteiger partial charge in [0.05, 0.1) is 6.10 Å². The topological polar surface area (TPSA) is 66.4 Å². The molecule has 0 saturated carbocycles. The summed E-state index contributed by atoms with van der Waals surface area (Å²) < 4.78 is 38.2. The predicted molar refractivity (Wildman–Crippen MR) is 151 cm³/mol. The number of unbranched alkanes of at least 4 members (excludes halogenated alkanes) is 23. The molecule has 6 heteroatoms. The van der Waals surface area contributed by atoms with Gasteiger partial charge in [-0.1, -0.05) is 174 Å². The molecular weight excluding hydrogens is 479 g/mol. The maximum Gasteiger partial charge on any atom is 1.00 e. The first-order valence-electron chi connectivity index (χ1n) is 15.6. The fourth-order valence-corrected chi connectivity index (χ4v) is 5.54. The molecule has 0 heterocycles. The van der Waals surface area contributed by atoms with Crippen molar-refractivity contribution in [2.75, 3.05) is 0 Å². The molecule has 1 unspecified atom stereocenters. The third-order valence-corrected chi connectivity index (χ3v) is 7.77. The minimum absolute atomic E-state index is 0. The summed E-state index contributed by atoms with van der Waals surface area (Å²) in [5.74, 6) is 0. The van der Waals surface area contributed by atoms with Crippen LogP contribution in [0.15, 0.2) is 0 Å². The fourth-order valence-electron chi connectivity index (χ4n) is 5.01. The monoisotopic (exact) mass is 540 g/mol. The summed E-state index contributed by atoms with van der Waals surface area (Å²) in [6.45, 7) is 4.52. The van der Waals surface area contributed by atoms with Gasteiger partial charge in [-0.25, -0.2) is 8.42 Å². The average Bonchev–Trinajstić information content (AvgIpc) is 2.81. The third kappa shape index (κ3) is 32.9. The van der Waals surface area contributed by atoms with Crippen molar-refractivity contribution in [3.8, 4) is 0 Å². The Hall–Kier alpha value is 0.870. The molecule has 0 aromatic heterocycles. The molecule has 212 valence electrons. The van der Waals surface area contributed by atoms with E-state index in [0.717, 1.165) is 25.7 Å². The van der Waals surface area contributed by atoms with Crippen LogP contribution in [0.2, 0.25) is 0 Å². The Morgan fingerprint density at radius 2 is 0.694 bits per heavy atom. The standard InChI is InChI=1S/C30H62O4S.Na/c1-3-5-7-9-11-13-15-16-17-18-19-21-23-25-27-29-30(34-35(31,32)33)28-26-24-22-20-14-12-10-8-6-4-2;/h30H,3-29H2,1-2H3,(H,31,32,33);/q;+1/p-1. The summed E-state index contributed by atoms with van der Waals surface area (Å²) >= 11 is 0. The Morgan fingerprint density at radius 1 is 0.472 bits per heavy atom. The summed E-state index contributed by atoms with van der Waals surface area (Å²) in [5, 5.41) is 0. The van der Waals surface area contributed by atoms with E-state index < -0.39 is 16.5 Å². The zero-order valence-corrected chi connectivity index (χ0v) is 27.5. The van der Waals surface area contributed by atoms with Crippen LogP contribution in [0.3, 0.4) is 0 Å². The minimum Gasteiger partial charge on any atom is -0.726 e. The summed E-state index contributed by atoms with van der Waals surface area (Å²) in [6, 6.07) is 0.